The van der Waals surface area contributed by atoms with Crippen LogP contribution < -0.4 is 5.32 Å². The molecule has 0 saturated carbocycles. The van der Waals surface area contributed by atoms with Gasteiger partial charge in [-0.3, -0.25) is 4.90 Å². The quantitative estimate of drug-likeness (QED) is 0.831. The smallest absolute Gasteiger partial charge is 0.290 e. The molecule has 1 heterocycles. The monoisotopic (exact) mass is 388 g/mol. The van der Waals surface area contributed by atoms with Crippen molar-refractivity contribution in [2.24, 2.45) is 0 Å². The average Bonchev–Trinajstić information content (AvgIpc) is 2.43. The van der Waals surface area contributed by atoms with Crippen LogP contribution in [0.5, 0.6) is 0 Å². The van der Waals surface area contributed by atoms with E-state index in [2.05, 4.69) is 21.2 Å². The van der Waals surface area contributed by atoms with Crippen LogP contribution in [0.3, 0.4) is 0 Å². The predicted molar refractivity (Wildman–Crippen MR) is 80.6 cm³/mol. The highest BCUT2D eigenvalue weighted by molar-refractivity contribution is 9.10. The molecule has 0 unspecified atom stereocenters. The van der Waals surface area contributed by atoms with Crippen LogP contribution in [0.1, 0.15) is 11.6 Å². The van der Waals surface area contributed by atoms with E-state index in [1.165, 1.54) is 17.0 Å². The molecule has 0 radical (unpaired) electrons. The maximum Gasteiger partial charge on any atom is 0.290 e. The second kappa shape index (κ2) is 7.78. The summed E-state index contributed by atoms with van der Waals surface area (Å²) in [6.45, 7) is 0.554. The maximum atomic E-state index is 14.1. The Bertz CT molecular complexity index is 452. The van der Waals surface area contributed by atoms with E-state index in [0.717, 1.165) is 6.07 Å². The molecular formula is C13H17BrClF3N2O. The first-order chi connectivity index (χ1) is 9.47. The Labute approximate surface area is 136 Å². The van der Waals surface area contributed by atoms with Crippen molar-refractivity contribution in [1.29, 1.82) is 0 Å². The molecule has 1 saturated heterocycles. The number of halogens is 5. The third-order valence-electron chi connectivity index (χ3n) is 3.40. The third kappa shape index (κ3) is 4.10. The van der Waals surface area contributed by atoms with Crippen LogP contribution in [0.15, 0.2) is 22.7 Å². The molecule has 8 heteroatoms. The van der Waals surface area contributed by atoms with Gasteiger partial charge in [-0.1, -0.05) is 22.0 Å². The molecule has 0 bridgehead atoms. The van der Waals surface area contributed by atoms with Crippen molar-refractivity contribution in [2.75, 3.05) is 32.8 Å². The van der Waals surface area contributed by atoms with Crippen molar-refractivity contribution >= 4 is 28.3 Å². The number of hydrogen-bond donors (Lipinski definition) is 2. The number of aliphatic hydroxyl groups is 1. The van der Waals surface area contributed by atoms with Crippen LogP contribution >= 0.6 is 28.3 Å². The van der Waals surface area contributed by atoms with Crippen LogP contribution in [-0.4, -0.2) is 48.7 Å². The lowest BCUT2D eigenvalue weighted by atomic mass is 9.97. The zero-order valence-electron chi connectivity index (χ0n) is 11.2. The molecule has 0 spiro atoms. The fourth-order valence-corrected chi connectivity index (χ4v) is 3.02. The van der Waals surface area contributed by atoms with E-state index in [4.69, 9.17) is 5.11 Å². The van der Waals surface area contributed by atoms with Gasteiger partial charge in [0.1, 0.15) is 18.5 Å². The molecule has 1 aromatic rings. The summed E-state index contributed by atoms with van der Waals surface area (Å²) >= 11 is 3.14. The van der Waals surface area contributed by atoms with Crippen LogP contribution in [0, 0.1) is 5.82 Å². The molecule has 1 aromatic carbocycles. The van der Waals surface area contributed by atoms with Gasteiger partial charge >= 0.3 is 0 Å². The number of alkyl halides is 2. The summed E-state index contributed by atoms with van der Waals surface area (Å²) < 4.78 is 42.6. The van der Waals surface area contributed by atoms with E-state index in [1.54, 1.807) is 0 Å². The number of benzene rings is 1. The normalized spacial score (nSPS) is 18.1. The van der Waals surface area contributed by atoms with Gasteiger partial charge in [-0.25, -0.2) is 13.2 Å². The van der Waals surface area contributed by atoms with Crippen molar-refractivity contribution in [3.8, 4) is 0 Å². The summed E-state index contributed by atoms with van der Waals surface area (Å²) in [7, 11) is 0. The van der Waals surface area contributed by atoms with E-state index in [1.807, 2.05) is 0 Å². The van der Waals surface area contributed by atoms with Crippen molar-refractivity contribution in [1.82, 2.24) is 10.2 Å². The van der Waals surface area contributed by atoms with Gasteiger partial charge in [-0.15, -0.1) is 12.4 Å². The molecule has 0 aromatic heterocycles. The molecule has 21 heavy (non-hydrogen) atoms. The SMILES string of the molecule is Cl.OCC(F)(F)[C@H](c1c(F)cccc1Br)N1CCNCC1. The lowest BCUT2D eigenvalue weighted by Gasteiger charge is -2.39. The summed E-state index contributed by atoms with van der Waals surface area (Å²) in [6.07, 6.45) is 0. The minimum Gasteiger partial charge on any atom is -0.390 e. The van der Waals surface area contributed by atoms with Crippen LogP contribution in [0.25, 0.3) is 0 Å². The number of nitrogens with zero attached hydrogens (tertiary/aromatic N) is 1. The first-order valence-electron chi connectivity index (χ1n) is 6.34. The molecule has 2 rings (SSSR count). The van der Waals surface area contributed by atoms with E-state index in [9.17, 15) is 13.2 Å². The van der Waals surface area contributed by atoms with Gasteiger partial charge < -0.3 is 10.4 Å². The number of rotatable bonds is 4. The van der Waals surface area contributed by atoms with Crippen molar-refractivity contribution in [2.45, 2.75) is 12.0 Å². The highest BCUT2D eigenvalue weighted by atomic mass is 79.9. The number of piperazine rings is 1. The van der Waals surface area contributed by atoms with Gasteiger partial charge in [-0.05, 0) is 12.1 Å². The molecule has 1 aliphatic rings. The lowest BCUT2D eigenvalue weighted by molar-refractivity contribution is -0.119. The van der Waals surface area contributed by atoms with Crippen molar-refractivity contribution in [3.05, 3.63) is 34.1 Å². The second-order valence-electron chi connectivity index (χ2n) is 4.74. The van der Waals surface area contributed by atoms with Gasteiger partial charge in [0.2, 0.25) is 0 Å². The minimum atomic E-state index is -3.41. The maximum absolute atomic E-state index is 14.1. The molecule has 1 atom stereocenters. The van der Waals surface area contributed by atoms with E-state index in [0.29, 0.717) is 26.2 Å². The van der Waals surface area contributed by atoms with Gasteiger partial charge in [0.15, 0.2) is 0 Å². The number of nitrogens with one attached hydrogen (secondary N) is 1. The van der Waals surface area contributed by atoms with E-state index in [-0.39, 0.29) is 22.4 Å². The fraction of sp³-hybridized carbons (Fsp3) is 0.538. The summed E-state index contributed by atoms with van der Waals surface area (Å²) in [5.74, 6) is -4.11. The minimum absolute atomic E-state index is 0. The molecular weight excluding hydrogens is 373 g/mol. The third-order valence-corrected chi connectivity index (χ3v) is 4.09. The molecule has 120 valence electrons. The zero-order valence-corrected chi connectivity index (χ0v) is 13.6. The molecule has 1 aliphatic heterocycles. The summed E-state index contributed by atoms with van der Waals surface area (Å²) in [5.41, 5.74) is -0.103. The first-order valence-corrected chi connectivity index (χ1v) is 7.14. The molecule has 1 fully saturated rings. The lowest BCUT2D eigenvalue weighted by Crippen LogP contribution is -2.51. The van der Waals surface area contributed by atoms with Gasteiger partial charge in [0.05, 0.1) is 0 Å². The zero-order chi connectivity index (χ0) is 14.8. The van der Waals surface area contributed by atoms with Gasteiger partial charge in [-0.2, -0.15) is 0 Å². The van der Waals surface area contributed by atoms with E-state index < -0.39 is 24.4 Å². The number of aliphatic hydroxyl groups excluding tert-OH is 1. The van der Waals surface area contributed by atoms with Gasteiger partial charge in [0, 0.05) is 36.2 Å². The Morgan fingerprint density at radius 3 is 2.48 bits per heavy atom. The summed E-state index contributed by atoms with van der Waals surface area (Å²) in [5, 5.41) is 12.1. The standard InChI is InChI=1S/C13H16BrF3N2O.ClH/c14-9-2-1-3-10(15)11(9)12(13(16,17)8-20)19-6-4-18-5-7-19;/h1-3,12,18,20H,4-8H2;1H/t12-;/m0./s1. The predicted octanol–water partition coefficient (Wildman–Crippen LogP) is 2.58. The van der Waals surface area contributed by atoms with Crippen LogP contribution in [0.4, 0.5) is 13.2 Å². The van der Waals surface area contributed by atoms with E-state index >= 15 is 0 Å². The van der Waals surface area contributed by atoms with Crippen LogP contribution in [0.2, 0.25) is 0 Å². The molecule has 0 aliphatic carbocycles. The topological polar surface area (TPSA) is 35.5 Å². The molecule has 0 amide bonds. The Morgan fingerprint density at radius 1 is 1.33 bits per heavy atom. The molecule has 2 N–H and O–H groups in total. The Hall–Kier alpha value is -0.340. The van der Waals surface area contributed by atoms with Gasteiger partial charge in [0.25, 0.3) is 5.92 Å². The Kier molecular flexibility index (Phi) is 6.93. The highest BCUT2D eigenvalue weighted by Crippen LogP contribution is 2.40. The second-order valence-corrected chi connectivity index (χ2v) is 5.60. The largest absolute Gasteiger partial charge is 0.390 e. The summed E-state index contributed by atoms with van der Waals surface area (Å²) in [4.78, 5) is 1.51. The van der Waals surface area contributed by atoms with Crippen molar-refractivity contribution < 1.29 is 18.3 Å². The molecule has 3 nitrogen and oxygen atoms in total. The first kappa shape index (κ1) is 18.7. The highest BCUT2D eigenvalue weighted by Gasteiger charge is 2.46. The van der Waals surface area contributed by atoms with Crippen molar-refractivity contribution in [3.63, 3.8) is 0 Å². The summed E-state index contributed by atoms with van der Waals surface area (Å²) in [6, 6.07) is 2.66. The number of hydrogen-bond acceptors (Lipinski definition) is 3. The Morgan fingerprint density at radius 2 is 1.95 bits per heavy atom. The average molecular weight is 390 g/mol. The fourth-order valence-electron chi connectivity index (χ4n) is 2.46. The van der Waals surface area contributed by atoms with Crippen LogP contribution in [-0.2, 0) is 0 Å². The Balaban J connectivity index is 0.00000220.